The number of hydrogen-bond donors (Lipinski definition) is 2. The van der Waals surface area contributed by atoms with Crippen molar-refractivity contribution in [1.82, 2.24) is 15.3 Å². The molecule has 0 radical (unpaired) electrons. The van der Waals surface area contributed by atoms with Crippen LogP contribution in [0, 0.1) is 5.82 Å². The lowest BCUT2D eigenvalue weighted by molar-refractivity contribution is -0.140. The number of alkyl halides is 3. The highest BCUT2D eigenvalue weighted by Crippen LogP contribution is 2.33. The van der Waals surface area contributed by atoms with E-state index in [4.69, 9.17) is 4.74 Å². The number of benzene rings is 2. The highest BCUT2D eigenvalue weighted by atomic mass is 19.4. The quantitative estimate of drug-likeness (QED) is 0.199. The van der Waals surface area contributed by atoms with Gasteiger partial charge in [-0.15, -0.1) is 0 Å². The molecular formula is C27H29F4N5O2. The van der Waals surface area contributed by atoms with Crippen molar-refractivity contribution in [2.24, 2.45) is 4.99 Å². The van der Waals surface area contributed by atoms with E-state index in [-0.39, 0.29) is 11.6 Å². The summed E-state index contributed by atoms with van der Waals surface area (Å²) in [7, 11) is 0. The second-order valence-corrected chi connectivity index (χ2v) is 9.20. The standard InChI is InChI=1S/C27H29F4N5O2/c1-32-11-3-2-4-23(17-7-8-21(22(28)14-17)27(29,30)31)35-25(37)18-5-6-19-16-33-26(36-24(19)15-18)34-20-9-12-38-13-10-20/h5-8,14-16,20,23H,1-4,9-13H2,(H,35,37)(H,33,34,36)/t23-/m1/s1. The second-order valence-electron chi connectivity index (χ2n) is 9.20. The molecule has 202 valence electrons. The minimum Gasteiger partial charge on any atom is -0.381 e. The van der Waals surface area contributed by atoms with Crippen molar-refractivity contribution >= 4 is 29.5 Å². The molecule has 0 unspecified atom stereocenters. The van der Waals surface area contributed by atoms with E-state index in [2.05, 4.69) is 32.3 Å². The zero-order valence-corrected chi connectivity index (χ0v) is 20.7. The number of nitrogens with zero attached hydrogens (tertiary/aromatic N) is 3. The van der Waals surface area contributed by atoms with E-state index in [1.165, 1.54) is 6.07 Å². The zero-order valence-electron chi connectivity index (χ0n) is 20.7. The Balaban J connectivity index is 1.53. The Morgan fingerprint density at radius 3 is 2.66 bits per heavy atom. The summed E-state index contributed by atoms with van der Waals surface area (Å²) >= 11 is 0. The van der Waals surface area contributed by atoms with E-state index in [1.807, 2.05) is 0 Å². The van der Waals surface area contributed by atoms with Crippen molar-refractivity contribution < 1.29 is 27.1 Å². The summed E-state index contributed by atoms with van der Waals surface area (Å²) in [4.78, 5) is 25.9. The number of aromatic nitrogens is 2. The molecule has 1 aliphatic rings. The van der Waals surface area contributed by atoms with E-state index >= 15 is 0 Å². The molecule has 1 aliphatic heterocycles. The van der Waals surface area contributed by atoms with Gasteiger partial charge in [0.05, 0.1) is 17.1 Å². The Morgan fingerprint density at radius 1 is 1.16 bits per heavy atom. The first-order valence-electron chi connectivity index (χ1n) is 12.5. The van der Waals surface area contributed by atoms with Crippen molar-refractivity contribution in [3.05, 3.63) is 65.1 Å². The van der Waals surface area contributed by atoms with Gasteiger partial charge in [0.25, 0.3) is 5.91 Å². The monoisotopic (exact) mass is 531 g/mol. The highest BCUT2D eigenvalue weighted by Gasteiger charge is 2.34. The number of carbonyl (C=O) groups excluding carboxylic acids is 1. The van der Waals surface area contributed by atoms with E-state index in [1.54, 1.807) is 24.4 Å². The predicted molar refractivity (Wildman–Crippen MR) is 137 cm³/mol. The molecule has 1 aromatic heterocycles. The van der Waals surface area contributed by atoms with Gasteiger partial charge in [-0.25, -0.2) is 14.4 Å². The Bertz CT molecular complexity index is 1280. The lowest BCUT2D eigenvalue weighted by atomic mass is 9.98. The maximum Gasteiger partial charge on any atom is 0.419 e. The first-order valence-corrected chi connectivity index (χ1v) is 12.5. The molecular weight excluding hydrogens is 502 g/mol. The number of fused-ring (bicyclic) bond motifs is 1. The molecule has 0 aliphatic carbocycles. The van der Waals surface area contributed by atoms with Gasteiger partial charge in [-0.2, -0.15) is 13.2 Å². The fourth-order valence-electron chi connectivity index (χ4n) is 4.37. The first kappa shape index (κ1) is 27.4. The van der Waals surface area contributed by atoms with Crippen LogP contribution in [0.4, 0.5) is 23.5 Å². The van der Waals surface area contributed by atoms with Crippen molar-refractivity contribution in [3.63, 3.8) is 0 Å². The molecule has 2 heterocycles. The number of unbranched alkanes of at least 4 members (excludes halogenated alkanes) is 1. The van der Waals surface area contributed by atoms with Crippen LogP contribution in [0.3, 0.4) is 0 Å². The van der Waals surface area contributed by atoms with Crippen molar-refractivity contribution in [3.8, 4) is 0 Å². The number of hydrogen-bond acceptors (Lipinski definition) is 6. The van der Waals surface area contributed by atoms with Gasteiger partial charge in [0.2, 0.25) is 5.95 Å². The van der Waals surface area contributed by atoms with Gasteiger partial charge >= 0.3 is 6.18 Å². The predicted octanol–water partition coefficient (Wildman–Crippen LogP) is 5.72. The average Bonchev–Trinajstić information content (AvgIpc) is 2.89. The molecule has 1 fully saturated rings. The van der Waals surface area contributed by atoms with Gasteiger partial charge in [0.1, 0.15) is 5.82 Å². The summed E-state index contributed by atoms with van der Waals surface area (Å²) in [6.45, 7) is 5.29. The van der Waals surface area contributed by atoms with Crippen LogP contribution in [0.1, 0.15) is 59.6 Å². The average molecular weight is 532 g/mol. The summed E-state index contributed by atoms with van der Waals surface area (Å²) in [6.07, 6.45) is 0.237. The van der Waals surface area contributed by atoms with Crippen LogP contribution in [0.25, 0.3) is 10.9 Å². The molecule has 2 N–H and O–H groups in total. The van der Waals surface area contributed by atoms with E-state index < -0.39 is 29.5 Å². The Labute approximate surface area is 217 Å². The van der Waals surface area contributed by atoms with E-state index in [9.17, 15) is 22.4 Å². The normalized spacial score (nSPS) is 15.3. The smallest absolute Gasteiger partial charge is 0.381 e. The molecule has 11 heteroatoms. The number of aliphatic imine (C=N–C) groups is 1. The van der Waals surface area contributed by atoms with Gasteiger partial charge in [-0.1, -0.05) is 12.1 Å². The molecule has 2 aromatic carbocycles. The fraction of sp³-hybridized carbons (Fsp3) is 0.407. The molecule has 1 amide bonds. The third kappa shape index (κ3) is 7.03. The number of carbonyl (C=O) groups is 1. The Morgan fingerprint density at radius 2 is 1.95 bits per heavy atom. The molecule has 0 bridgehead atoms. The number of nitrogens with one attached hydrogen (secondary N) is 2. The molecule has 1 atom stereocenters. The Hall–Kier alpha value is -3.60. The van der Waals surface area contributed by atoms with Crippen molar-refractivity contribution in [1.29, 1.82) is 0 Å². The lowest BCUT2D eigenvalue weighted by Crippen LogP contribution is -2.29. The van der Waals surface area contributed by atoms with Crippen molar-refractivity contribution in [2.45, 2.75) is 50.4 Å². The fourth-order valence-corrected chi connectivity index (χ4v) is 4.37. The molecule has 38 heavy (non-hydrogen) atoms. The van der Waals surface area contributed by atoms with Crippen LogP contribution in [0.2, 0.25) is 0 Å². The van der Waals surface area contributed by atoms with Crippen LogP contribution in [0.5, 0.6) is 0 Å². The van der Waals surface area contributed by atoms with Crippen LogP contribution in [-0.4, -0.2) is 48.4 Å². The Kier molecular flexibility index (Phi) is 8.88. The van der Waals surface area contributed by atoms with E-state index in [0.717, 1.165) is 24.3 Å². The van der Waals surface area contributed by atoms with Crippen molar-refractivity contribution in [2.75, 3.05) is 25.1 Å². The van der Waals surface area contributed by atoms with Crippen LogP contribution in [0.15, 0.2) is 47.6 Å². The molecule has 3 aromatic rings. The summed E-state index contributed by atoms with van der Waals surface area (Å²) in [5.74, 6) is -1.37. The molecule has 1 saturated heterocycles. The summed E-state index contributed by atoms with van der Waals surface area (Å²) in [5, 5.41) is 6.90. The van der Waals surface area contributed by atoms with Gasteiger partial charge < -0.3 is 20.4 Å². The number of rotatable bonds is 10. The largest absolute Gasteiger partial charge is 0.419 e. The maximum absolute atomic E-state index is 14.3. The van der Waals surface area contributed by atoms with Crippen LogP contribution < -0.4 is 10.6 Å². The summed E-state index contributed by atoms with van der Waals surface area (Å²) in [5.41, 5.74) is -0.210. The number of halogens is 4. The SMILES string of the molecule is C=NCCCC[C@@H](NC(=O)c1ccc2cnc(NC3CCOCC3)nc2c1)c1ccc(C(F)(F)F)c(F)c1. The summed E-state index contributed by atoms with van der Waals surface area (Å²) in [6, 6.07) is 7.22. The maximum atomic E-state index is 14.3. The first-order chi connectivity index (χ1) is 18.2. The minimum absolute atomic E-state index is 0.203. The minimum atomic E-state index is -4.80. The highest BCUT2D eigenvalue weighted by molar-refractivity contribution is 5.98. The van der Waals surface area contributed by atoms with Gasteiger partial charge in [-0.05, 0) is 68.7 Å². The number of anilines is 1. The zero-order chi connectivity index (χ0) is 27.1. The number of ether oxygens (including phenoxy) is 1. The third-order valence-electron chi connectivity index (χ3n) is 6.46. The second kappa shape index (κ2) is 12.3. The van der Waals surface area contributed by atoms with Gasteiger partial charge in [0, 0.05) is 42.9 Å². The molecule has 0 saturated carbocycles. The number of amides is 1. The third-order valence-corrected chi connectivity index (χ3v) is 6.46. The lowest BCUT2D eigenvalue weighted by Gasteiger charge is -2.23. The molecule has 0 spiro atoms. The van der Waals surface area contributed by atoms with Gasteiger partial charge in [0.15, 0.2) is 0 Å². The molecule has 4 rings (SSSR count). The summed E-state index contributed by atoms with van der Waals surface area (Å²) < 4.78 is 58.8. The van der Waals surface area contributed by atoms with Crippen LogP contribution in [-0.2, 0) is 10.9 Å². The topological polar surface area (TPSA) is 88.5 Å². The van der Waals surface area contributed by atoms with Crippen LogP contribution >= 0.6 is 0 Å². The van der Waals surface area contributed by atoms with E-state index in [0.29, 0.717) is 62.1 Å². The van der Waals surface area contributed by atoms with Gasteiger partial charge in [-0.3, -0.25) is 4.79 Å². The molecule has 7 nitrogen and oxygen atoms in total.